The Balaban J connectivity index is 1.38. The van der Waals surface area contributed by atoms with Gasteiger partial charge in [0.05, 0.1) is 16.9 Å². The lowest BCUT2D eigenvalue weighted by Gasteiger charge is -2.22. The van der Waals surface area contributed by atoms with Gasteiger partial charge in [-0.2, -0.15) is 5.10 Å². The highest BCUT2D eigenvalue weighted by Gasteiger charge is 2.21. The van der Waals surface area contributed by atoms with Gasteiger partial charge >= 0.3 is 0 Å². The molecule has 3 N–H and O–H groups in total. The van der Waals surface area contributed by atoms with Crippen molar-refractivity contribution in [3.05, 3.63) is 88.4 Å². The number of nitrogens with one attached hydrogen (secondary N) is 1. The molecule has 0 atom stereocenters. The molecule has 5 nitrogen and oxygen atoms in total. The van der Waals surface area contributed by atoms with Crippen molar-refractivity contribution in [3.8, 4) is 11.1 Å². The van der Waals surface area contributed by atoms with Crippen LogP contribution in [0.2, 0.25) is 10.0 Å². The van der Waals surface area contributed by atoms with E-state index in [1.54, 1.807) is 18.2 Å². The number of hydrogen-bond donors (Lipinski definition) is 2. The van der Waals surface area contributed by atoms with E-state index in [4.69, 9.17) is 34.0 Å². The number of benzene rings is 4. The Morgan fingerprint density at radius 3 is 2.46 bits per heavy atom. The van der Waals surface area contributed by atoms with Crippen molar-refractivity contribution in [2.24, 2.45) is 0 Å². The van der Waals surface area contributed by atoms with Crippen LogP contribution in [0.5, 0.6) is 0 Å². The summed E-state index contributed by atoms with van der Waals surface area (Å²) in [5, 5.41) is 11.4. The predicted octanol–water partition coefficient (Wildman–Crippen LogP) is 8.50. The molecule has 1 amide bonds. The van der Waals surface area contributed by atoms with Crippen molar-refractivity contribution in [3.63, 3.8) is 0 Å². The Kier molecular flexibility index (Phi) is 6.27. The first-order valence-electron chi connectivity index (χ1n) is 12.6. The molecule has 1 aliphatic carbocycles. The number of anilines is 2. The smallest absolute Gasteiger partial charge is 0.256 e. The number of hydrogen-bond acceptors (Lipinski definition) is 3. The molecule has 0 spiro atoms. The molecule has 186 valence electrons. The standard InChI is InChI=1S/C30H26Cl2N4O/c31-20-15-21(32)17-22(16-20)34-30(37)26-10-4-6-18-14-19(12-13-24(18)26)25-9-5-11-27-28(25)29(33)35-36(27)23-7-2-1-3-8-23/h4-6,9-17,23H,1-3,7-8H2,(H2,33,35)(H,34,37). The molecule has 1 fully saturated rings. The summed E-state index contributed by atoms with van der Waals surface area (Å²) in [6.45, 7) is 0. The maximum atomic E-state index is 13.2. The molecule has 1 aromatic heterocycles. The fraction of sp³-hybridized carbons (Fsp3) is 0.200. The second-order valence-electron chi connectivity index (χ2n) is 9.68. The number of nitrogen functional groups attached to an aromatic ring is 1. The number of carbonyl (C=O) groups is 1. The normalized spacial score (nSPS) is 14.3. The summed E-state index contributed by atoms with van der Waals surface area (Å²) in [5.74, 6) is 0.335. The van der Waals surface area contributed by atoms with Crippen LogP contribution in [0.15, 0.2) is 72.8 Å². The number of halogens is 2. The van der Waals surface area contributed by atoms with Crippen LogP contribution in [0.4, 0.5) is 11.5 Å². The number of aromatic nitrogens is 2. The zero-order valence-electron chi connectivity index (χ0n) is 20.2. The molecule has 6 rings (SSSR count). The number of amides is 1. The number of fused-ring (bicyclic) bond motifs is 2. The van der Waals surface area contributed by atoms with E-state index in [0.29, 0.717) is 33.2 Å². The Labute approximate surface area is 225 Å². The van der Waals surface area contributed by atoms with Crippen LogP contribution in [0.3, 0.4) is 0 Å². The molecule has 37 heavy (non-hydrogen) atoms. The van der Waals surface area contributed by atoms with E-state index in [2.05, 4.69) is 34.3 Å². The van der Waals surface area contributed by atoms with Crippen LogP contribution in [0.1, 0.15) is 48.5 Å². The fourth-order valence-electron chi connectivity index (χ4n) is 5.54. The minimum atomic E-state index is -0.225. The Bertz CT molecular complexity index is 1630. The summed E-state index contributed by atoms with van der Waals surface area (Å²) >= 11 is 12.2. The quantitative estimate of drug-likeness (QED) is 0.245. The van der Waals surface area contributed by atoms with E-state index in [1.807, 2.05) is 30.3 Å². The van der Waals surface area contributed by atoms with Crippen LogP contribution in [-0.2, 0) is 0 Å². The SMILES string of the molecule is Nc1nn(C2CCCCC2)c2cccc(-c3ccc4c(C(=O)Nc5cc(Cl)cc(Cl)c5)cccc4c3)c12. The first kappa shape index (κ1) is 23.8. The van der Waals surface area contributed by atoms with Crippen LogP contribution in [-0.4, -0.2) is 15.7 Å². The Morgan fingerprint density at radius 1 is 0.919 bits per heavy atom. The number of nitrogens with two attached hydrogens (primary N) is 1. The third-order valence-corrected chi connectivity index (χ3v) is 7.67. The van der Waals surface area contributed by atoms with Crippen molar-refractivity contribution < 1.29 is 4.79 Å². The Morgan fingerprint density at radius 2 is 1.68 bits per heavy atom. The lowest BCUT2D eigenvalue weighted by molar-refractivity contribution is 0.102. The topological polar surface area (TPSA) is 72.9 Å². The van der Waals surface area contributed by atoms with Crippen molar-refractivity contribution >= 4 is 62.3 Å². The van der Waals surface area contributed by atoms with Gasteiger partial charge in [-0.3, -0.25) is 9.48 Å². The number of nitrogens with zero attached hydrogens (tertiary/aromatic N) is 2. The zero-order chi connectivity index (χ0) is 25.5. The third-order valence-electron chi connectivity index (χ3n) is 7.24. The van der Waals surface area contributed by atoms with E-state index < -0.39 is 0 Å². The summed E-state index contributed by atoms with van der Waals surface area (Å²) in [6, 6.07) is 23.5. The van der Waals surface area contributed by atoms with Crippen molar-refractivity contribution in [2.45, 2.75) is 38.1 Å². The molecule has 0 unspecified atom stereocenters. The van der Waals surface area contributed by atoms with Crippen LogP contribution in [0.25, 0.3) is 32.8 Å². The number of rotatable bonds is 4. The van der Waals surface area contributed by atoms with E-state index in [-0.39, 0.29) is 5.91 Å². The summed E-state index contributed by atoms with van der Waals surface area (Å²) in [6.07, 6.45) is 6.04. The first-order valence-corrected chi connectivity index (χ1v) is 13.3. The van der Waals surface area contributed by atoms with Gasteiger partial charge in [0.15, 0.2) is 5.82 Å². The summed E-state index contributed by atoms with van der Waals surface area (Å²) in [4.78, 5) is 13.2. The van der Waals surface area contributed by atoms with Crippen LogP contribution >= 0.6 is 23.2 Å². The molecule has 7 heteroatoms. The third kappa shape index (κ3) is 4.54. The largest absolute Gasteiger partial charge is 0.382 e. The summed E-state index contributed by atoms with van der Waals surface area (Å²) < 4.78 is 2.14. The lowest BCUT2D eigenvalue weighted by atomic mass is 9.94. The molecule has 1 heterocycles. The summed E-state index contributed by atoms with van der Waals surface area (Å²) in [5.41, 5.74) is 10.8. The van der Waals surface area contributed by atoms with E-state index >= 15 is 0 Å². The highest BCUT2D eigenvalue weighted by molar-refractivity contribution is 6.35. The molecule has 4 aromatic carbocycles. The monoisotopic (exact) mass is 528 g/mol. The van der Waals surface area contributed by atoms with Gasteiger partial charge in [0.1, 0.15) is 0 Å². The van der Waals surface area contributed by atoms with E-state index in [0.717, 1.165) is 45.6 Å². The maximum absolute atomic E-state index is 13.2. The minimum absolute atomic E-state index is 0.225. The van der Waals surface area contributed by atoms with Gasteiger partial charge in [-0.05, 0) is 71.1 Å². The van der Waals surface area contributed by atoms with E-state index in [9.17, 15) is 4.79 Å². The molecular weight excluding hydrogens is 503 g/mol. The highest BCUT2D eigenvalue weighted by atomic mass is 35.5. The number of carbonyl (C=O) groups excluding carboxylic acids is 1. The molecule has 0 saturated heterocycles. The molecular formula is C30H26Cl2N4O. The van der Waals surface area contributed by atoms with E-state index in [1.165, 1.54) is 19.3 Å². The highest BCUT2D eigenvalue weighted by Crippen LogP contribution is 2.38. The molecule has 1 saturated carbocycles. The van der Waals surface area contributed by atoms with Gasteiger partial charge < -0.3 is 11.1 Å². The molecule has 1 aliphatic rings. The molecule has 0 aliphatic heterocycles. The van der Waals surface area contributed by atoms with Gasteiger partial charge in [-0.1, -0.05) is 78.9 Å². The van der Waals surface area contributed by atoms with Crippen molar-refractivity contribution in [1.82, 2.24) is 9.78 Å². The second kappa shape index (κ2) is 9.73. The van der Waals surface area contributed by atoms with Gasteiger partial charge in [0.25, 0.3) is 5.91 Å². The minimum Gasteiger partial charge on any atom is -0.382 e. The predicted molar refractivity (Wildman–Crippen MR) is 154 cm³/mol. The van der Waals surface area contributed by atoms with Crippen LogP contribution in [0, 0.1) is 0 Å². The fourth-order valence-corrected chi connectivity index (χ4v) is 6.06. The molecule has 5 aromatic rings. The Hall–Kier alpha value is -3.54. The average molecular weight is 529 g/mol. The zero-order valence-corrected chi connectivity index (χ0v) is 21.7. The lowest BCUT2D eigenvalue weighted by Crippen LogP contribution is -2.14. The maximum Gasteiger partial charge on any atom is 0.256 e. The van der Waals surface area contributed by atoms with Gasteiger partial charge in [0.2, 0.25) is 0 Å². The molecule has 0 radical (unpaired) electrons. The first-order chi connectivity index (χ1) is 18.0. The van der Waals surface area contributed by atoms with Gasteiger partial charge in [-0.25, -0.2) is 0 Å². The summed E-state index contributed by atoms with van der Waals surface area (Å²) in [7, 11) is 0. The van der Waals surface area contributed by atoms with Crippen molar-refractivity contribution in [1.29, 1.82) is 0 Å². The van der Waals surface area contributed by atoms with Crippen molar-refractivity contribution in [2.75, 3.05) is 11.1 Å². The van der Waals surface area contributed by atoms with Gasteiger partial charge in [-0.15, -0.1) is 0 Å². The average Bonchev–Trinajstić information content (AvgIpc) is 3.24. The molecule has 0 bridgehead atoms. The van der Waals surface area contributed by atoms with Gasteiger partial charge in [0, 0.05) is 21.3 Å². The second-order valence-corrected chi connectivity index (χ2v) is 10.5. The van der Waals surface area contributed by atoms with Crippen LogP contribution < -0.4 is 11.1 Å².